The number of rotatable bonds is 15. The minimum atomic E-state index is -3.27. The highest BCUT2D eigenvalue weighted by Gasteiger charge is 2.57. The van der Waals surface area contributed by atoms with Crippen molar-refractivity contribution in [1.82, 2.24) is 0 Å². The second kappa shape index (κ2) is 11.2. The van der Waals surface area contributed by atoms with E-state index in [-0.39, 0.29) is 5.73 Å². The molecule has 1 atom stereocenters. The van der Waals surface area contributed by atoms with Crippen LogP contribution in [0.25, 0.3) is 0 Å². The molecule has 0 aliphatic heterocycles. The molecule has 8 heteroatoms. The lowest BCUT2D eigenvalue weighted by Gasteiger charge is -2.46. The van der Waals surface area contributed by atoms with Crippen LogP contribution in [-0.2, 0) is 17.1 Å². The molecular formula is C20H42O4Si4. The molecule has 0 amide bonds. The van der Waals surface area contributed by atoms with Crippen LogP contribution in [0.4, 0.5) is 0 Å². The molecule has 0 saturated heterocycles. The third kappa shape index (κ3) is 9.44. The van der Waals surface area contributed by atoms with Crippen LogP contribution in [0.15, 0.2) is 49.0 Å². The molecule has 0 bridgehead atoms. The normalized spacial score (nSPS) is 14.4. The zero-order valence-corrected chi connectivity index (χ0v) is 23.4. The first-order valence-electron chi connectivity index (χ1n) is 9.95. The van der Waals surface area contributed by atoms with Gasteiger partial charge in [0, 0.05) is 0 Å². The van der Waals surface area contributed by atoms with Crippen LogP contribution >= 0.6 is 0 Å². The van der Waals surface area contributed by atoms with Gasteiger partial charge in [0.25, 0.3) is 0 Å². The summed E-state index contributed by atoms with van der Waals surface area (Å²) >= 11 is 0. The first-order chi connectivity index (χ1) is 12.7. The summed E-state index contributed by atoms with van der Waals surface area (Å²) in [4.78, 5) is 0. The Labute approximate surface area is 178 Å². The van der Waals surface area contributed by atoms with Crippen molar-refractivity contribution in [2.24, 2.45) is 0 Å². The van der Waals surface area contributed by atoms with Gasteiger partial charge >= 0.3 is 8.80 Å². The van der Waals surface area contributed by atoms with Gasteiger partial charge in [-0.1, -0.05) is 42.6 Å². The van der Waals surface area contributed by atoms with Gasteiger partial charge in [0.2, 0.25) is 25.0 Å². The minimum Gasteiger partial charge on any atom is -0.411 e. The van der Waals surface area contributed by atoms with Gasteiger partial charge < -0.3 is 17.1 Å². The van der Waals surface area contributed by atoms with Crippen LogP contribution in [0.3, 0.4) is 0 Å². The monoisotopic (exact) mass is 458 g/mol. The lowest BCUT2D eigenvalue weighted by Crippen LogP contribution is -2.68. The molecular weight excluding hydrogens is 417 g/mol. The largest absolute Gasteiger partial charge is 0.500 e. The lowest BCUT2D eigenvalue weighted by atomic mass is 10.3. The topological polar surface area (TPSA) is 36.9 Å². The summed E-state index contributed by atoms with van der Waals surface area (Å²) in [5, 5.41) is 0. The maximum Gasteiger partial charge on any atom is 0.500 e. The molecule has 0 aromatic rings. The van der Waals surface area contributed by atoms with E-state index in [1.165, 1.54) is 0 Å². The molecule has 0 N–H and O–H groups in total. The van der Waals surface area contributed by atoms with Crippen LogP contribution in [0.5, 0.6) is 0 Å². The Morgan fingerprint density at radius 3 is 1.43 bits per heavy atom. The fourth-order valence-electron chi connectivity index (χ4n) is 2.35. The van der Waals surface area contributed by atoms with E-state index in [1.54, 1.807) is 0 Å². The van der Waals surface area contributed by atoms with Crippen LogP contribution in [0.1, 0.15) is 26.7 Å². The lowest BCUT2D eigenvalue weighted by molar-refractivity contribution is 0.0586. The first kappa shape index (κ1) is 27.7. The molecule has 4 nitrogen and oxygen atoms in total. The third-order valence-electron chi connectivity index (χ3n) is 4.17. The van der Waals surface area contributed by atoms with Gasteiger partial charge in [-0.05, 0) is 52.6 Å². The molecule has 0 rings (SSSR count). The fourth-order valence-corrected chi connectivity index (χ4v) is 16.3. The molecule has 0 spiro atoms. The molecule has 28 heavy (non-hydrogen) atoms. The molecule has 0 radical (unpaired) electrons. The molecule has 0 heterocycles. The Morgan fingerprint density at radius 2 is 1.18 bits per heavy atom. The summed E-state index contributed by atoms with van der Waals surface area (Å²) in [7, 11) is -9.98. The van der Waals surface area contributed by atoms with Crippen molar-refractivity contribution in [3.63, 3.8) is 0 Å². The van der Waals surface area contributed by atoms with Crippen molar-refractivity contribution >= 4 is 33.8 Å². The zero-order valence-electron chi connectivity index (χ0n) is 19.4. The van der Waals surface area contributed by atoms with Crippen molar-refractivity contribution in [3.05, 3.63) is 49.0 Å². The second-order valence-corrected chi connectivity index (χ2v) is 24.0. The Bertz CT molecular complexity index is 503. The Hall–Kier alpha value is -0.332. The van der Waals surface area contributed by atoms with Crippen LogP contribution in [0, 0.1) is 0 Å². The molecule has 0 aliphatic rings. The summed E-state index contributed by atoms with van der Waals surface area (Å²) in [6.07, 6.45) is 1.73. The summed E-state index contributed by atoms with van der Waals surface area (Å²) in [5.74, 6) is 0. The standard InChI is InChI=1S/C20H42O4Si4/c1-13-17-20(21-18-19(5)6)28(22-25(7,8)14-2,23-26(9,10)15-3)24-27(11,12)16-4/h14-16,20H,2-5,13,17-18H2,1,6-12H3. The molecule has 0 aromatic heterocycles. The van der Waals surface area contributed by atoms with Gasteiger partial charge in [0.1, 0.15) is 5.73 Å². The van der Waals surface area contributed by atoms with Gasteiger partial charge in [-0.15, -0.1) is 19.7 Å². The van der Waals surface area contributed by atoms with E-state index in [4.69, 9.17) is 17.1 Å². The number of hydrogen-bond acceptors (Lipinski definition) is 4. The smallest absolute Gasteiger partial charge is 0.411 e. The quantitative estimate of drug-likeness (QED) is 0.220. The Kier molecular flexibility index (Phi) is 11.0. The summed E-state index contributed by atoms with van der Waals surface area (Å²) in [6.45, 7) is 33.2. The fraction of sp³-hybridized carbons (Fsp3) is 0.600. The highest BCUT2D eigenvalue weighted by Crippen LogP contribution is 2.32. The van der Waals surface area contributed by atoms with E-state index in [1.807, 2.05) is 24.0 Å². The van der Waals surface area contributed by atoms with E-state index < -0.39 is 33.8 Å². The number of hydrogen-bond donors (Lipinski definition) is 0. The molecule has 0 aliphatic carbocycles. The maximum absolute atomic E-state index is 6.83. The van der Waals surface area contributed by atoms with Crippen LogP contribution < -0.4 is 0 Å². The summed E-state index contributed by atoms with van der Waals surface area (Å²) in [6, 6.07) is 0. The van der Waals surface area contributed by atoms with Gasteiger partial charge in [0.15, 0.2) is 0 Å². The van der Waals surface area contributed by atoms with Crippen molar-refractivity contribution in [2.75, 3.05) is 6.61 Å². The van der Waals surface area contributed by atoms with E-state index in [9.17, 15) is 0 Å². The predicted octanol–water partition coefficient (Wildman–Crippen LogP) is 6.07. The van der Waals surface area contributed by atoms with Crippen LogP contribution in [-0.4, -0.2) is 46.1 Å². The van der Waals surface area contributed by atoms with E-state index >= 15 is 0 Å². The third-order valence-corrected chi connectivity index (χ3v) is 18.1. The van der Waals surface area contributed by atoms with Gasteiger partial charge in [-0.3, -0.25) is 0 Å². The SMILES string of the molecule is C=C[Si](C)(C)O[Si](O[Si](C)(C)C=C)(O[Si](C)(C)C=C)C(CCC)OCC(=C)C. The predicted molar refractivity (Wildman–Crippen MR) is 132 cm³/mol. The average Bonchev–Trinajstić information content (AvgIpc) is 2.57. The molecule has 0 saturated carbocycles. The Balaban J connectivity index is 6.50. The van der Waals surface area contributed by atoms with E-state index in [2.05, 4.69) is 72.5 Å². The number of ether oxygens (including phenoxy) is 1. The van der Waals surface area contributed by atoms with Gasteiger partial charge in [-0.2, -0.15) is 0 Å². The summed E-state index contributed by atoms with van der Waals surface area (Å²) < 4.78 is 26.8. The van der Waals surface area contributed by atoms with E-state index in [0.717, 1.165) is 18.4 Å². The molecule has 162 valence electrons. The first-order valence-corrected chi connectivity index (χ1v) is 20.7. The second-order valence-electron chi connectivity index (χ2n) is 8.88. The van der Waals surface area contributed by atoms with Crippen molar-refractivity contribution in [3.8, 4) is 0 Å². The highest BCUT2D eigenvalue weighted by atomic mass is 28.5. The van der Waals surface area contributed by atoms with Crippen molar-refractivity contribution in [2.45, 2.75) is 71.7 Å². The summed E-state index contributed by atoms with van der Waals surface area (Å²) in [5.41, 5.74) is 6.47. The zero-order chi connectivity index (χ0) is 22.2. The van der Waals surface area contributed by atoms with Gasteiger partial charge in [0.05, 0.1) is 6.61 Å². The molecule has 0 aromatic carbocycles. The Morgan fingerprint density at radius 1 is 0.821 bits per heavy atom. The molecule has 1 unspecified atom stereocenters. The maximum atomic E-state index is 6.83. The molecule has 0 fully saturated rings. The van der Waals surface area contributed by atoms with Crippen molar-refractivity contribution in [1.29, 1.82) is 0 Å². The minimum absolute atomic E-state index is 0.264. The average molecular weight is 459 g/mol. The van der Waals surface area contributed by atoms with Gasteiger partial charge in [-0.25, -0.2) is 0 Å². The van der Waals surface area contributed by atoms with E-state index in [0.29, 0.717) is 6.61 Å². The van der Waals surface area contributed by atoms with Crippen molar-refractivity contribution < 1.29 is 17.1 Å². The van der Waals surface area contributed by atoms with Crippen LogP contribution in [0.2, 0.25) is 39.3 Å². The highest BCUT2D eigenvalue weighted by molar-refractivity contribution is 6.94.